The van der Waals surface area contributed by atoms with E-state index in [1.807, 2.05) is 48.5 Å². The van der Waals surface area contributed by atoms with Crippen LogP contribution in [0.5, 0.6) is 0 Å². The van der Waals surface area contributed by atoms with Crippen LogP contribution in [-0.2, 0) is 32.2 Å². The quantitative estimate of drug-likeness (QED) is 0.402. The molecule has 1 amide bonds. The number of carbonyl (C=O) groups is 2. The van der Waals surface area contributed by atoms with Gasteiger partial charge in [0.05, 0.1) is 25.2 Å². The third-order valence-electron chi connectivity index (χ3n) is 7.82. The number of hydrogen-bond acceptors (Lipinski definition) is 6. The minimum Gasteiger partial charge on any atom is -0.481 e. The van der Waals surface area contributed by atoms with Crippen molar-refractivity contribution in [3.8, 4) is 0 Å². The molecule has 8 nitrogen and oxygen atoms in total. The summed E-state index contributed by atoms with van der Waals surface area (Å²) in [6.07, 6.45) is 5.46. The van der Waals surface area contributed by atoms with Gasteiger partial charge >= 0.3 is 5.97 Å². The highest BCUT2D eigenvalue weighted by atomic mass is 16.7. The van der Waals surface area contributed by atoms with Crippen molar-refractivity contribution in [3.05, 3.63) is 70.8 Å². The Labute approximate surface area is 231 Å². The van der Waals surface area contributed by atoms with Gasteiger partial charge in [-0.15, -0.1) is 0 Å². The Kier molecular flexibility index (Phi) is 10.9. The molecule has 3 N–H and O–H groups in total. The summed E-state index contributed by atoms with van der Waals surface area (Å²) in [4.78, 5) is 25.1. The van der Waals surface area contributed by atoms with Crippen LogP contribution in [0.4, 0.5) is 0 Å². The summed E-state index contributed by atoms with van der Waals surface area (Å²) in [6.45, 7) is 5.61. The van der Waals surface area contributed by atoms with E-state index in [1.54, 1.807) is 0 Å². The molecule has 2 fully saturated rings. The second-order valence-electron chi connectivity index (χ2n) is 10.8. The summed E-state index contributed by atoms with van der Waals surface area (Å²) in [7, 11) is 0. The molecule has 2 saturated heterocycles. The Morgan fingerprint density at radius 2 is 1.49 bits per heavy atom. The Morgan fingerprint density at radius 1 is 0.872 bits per heavy atom. The normalized spacial score (nSPS) is 24.5. The van der Waals surface area contributed by atoms with E-state index in [-0.39, 0.29) is 43.5 Å². The number of amides is 1. The van der Waals surface area contributed by atoms with Gasteiger partial charge in [0, 0.05) is 31.0 Å². The Hall–Kier alpha value is -2.78. The highest BCUT2D eigenvalue weighted by molar-refractivity contribution is 5.80. The number of ether oxygens (including phenoxy) is 2. The summed E-state index contributed by atoms with van der Waals surface area (Å²) in [5.74, 6) is -1.12. The fourth-order valence-electron chi connectivity index (χ4n) is 5.38. The lowest BCUT2D eigenvalue weighted by atomic mass is 9.89. The number of aliphatic hydroxyl groups excluding tert-OH is 1. The number of carboxylic acid groups (broad SMARTS) is 1. The minimum atomic E-state index is -0.983. The van der Waals surface area contributed by atoms with Gasteiger partial charge in [0.2, 0.25) is 5.91 Å². The van der Waals surface area contributed by atoms with E-state index in [0.717, 1.165) is 41.9 Å². The summed E-state index contributed by atoms with van der Waals surface area (Å²) < 4.78 is 13.2. The SMILES string of the molecule is CC1C(CN2CCCCCCC2)OC(c2ccc(CNC(=O)CCC(=O)O)cc2)OC1c1ccc(CO)cc1. The molecule has 0 saturated carbocycles. The number of likely N-dealkylation sites (tertiary alicyclic amines) is 1. The number of hydrogen-bond donors (Lipinski definition) is 3. The van der Waals surface area contributed by atoms with Gasteiger partial charge in [-0.1, -0.05) is 74.7 Å². The number of nitrogens with zero attached hydrogens (tertiary/aromatic N) is 1. The maximum atomic E-state index is 11.9. The zero-order chi connectivity index (χ0) is 27.6. The molecule has 212 valence electrons. The van der Waals surface area contributed by atoms with E-state index < -0.39 is 12.3 Å². The van der Waals surface area contributed by atoms with Crippen LogP contribution < -0.4 is 5.32 Å². The summed E-state index contributed by atoms with van der Waals surface area (Å²) in [6, 6.07) is 15.8. The fraction of sp³-hybridized carbons (Fsp3) is 0.548. The van der Waals surface area contributed by atoms with E-state index in [1.165, 1.54) is 32.1 Å². The van der Waals surface area contributed by atoms with Crippen LogP contribution in [0, 0.1) is 5.92 Å². The molecule has 4 unspecified atom stereocenters. The number of nitrogens with one attached hydrogen (secondary N) is 1. The molecule has 0 radical (unpaired) electrons. The van der Waals surface area contributed by atoms with Gasteiger partial charge in [0.25, 0.3) is 0 Å². The molecule has 0 aromatic heterocycles. The van der Waals surface area contributed by atoms with E-state index in [4.69, 9.17) is 14.6 Å². The van der Waals surface area contributed by atoms with Crippen molar-refractivity contribution in [2.45, 2.75) is 83.5 Å². The molecule has 4 rings (SSSR count). The first-order valence-corrected chi connectivity index (χ1v) is 14.2. The van der Waals surface area contributed by atoms with Gasteiger partial charge in [-0.2, -0.15) is 0 Å². The average molecular weight is 539 g/mol. The van der Waals surface area contributed by atoms with Crippen LogP contribution in [0.1, 0.15) is 86.5 Å². The van der Waals surface area contributed by atoms with Crippen LogP contribution in [0.3, 0.4) is 0 Å². The second-order valence-corrected chi connectivity index (χ2v) is 10.8. The Morgan fingerprint density at radius 3 is 2.13 bits per heavy atom. The molecule has 39 heavy (non-hydrogen) atoms. The number of carboxylic acids is 1. The summed E-state index contributed by atoms with van der Waals surface area (Å²) in [5, 5.41) is 21.0. The maximum Gasteiger partial charge on any atom is 0.303 e. The number of carbonyl (C=O) groups excluding carboxylic acids is 1. The molecule has 0 bridgehead atoms. The third kappa shape index (κ3) is 8.60. The highest BCUT2D eigenvalue weighted by Crippen LogP contribution is 2.42. The standard InChI is InChI=1S/C31H42N2O6/c1-22-27(20-33-17-5-3-2-4-6-18-33)38-31(39-30(22)25-11-9-24(21-34)10-12-25)26-13-7-23(8-14-26)19-32-28(35)15-16-29(36)37/h7-14,22,27,30-31,34H,2-6,15-21H2,1H3,(H,32,35)(H,36,37). The fourth-order valence-corrected chi connectivity index (χ4v) is 5.38. The number of benzene rings is 2. The molecule has 2 aliphatic rings. The van der Waals surface area contributed by atoms with Crippen LogP contribution in [-0.4, -0.2) is 52.7 Å². The first-order chi connectivity index (χ1) is 18.9. The zero-order valence-corrected chi connectivity index (χ0v) is 22.9. The molecular weight excluding hydrogens is 496 g/mol. The summed E-state index contributed by atoms with van der Waals surface area (Å²) in [5.41, 5.74) is 3.78. The molecular formula is C31H42N2O6. The zero-order valence-electron chi connectivity index (χ0n) is 22.9. The lowest BCUT2D eigenvalue weighted by Crippen LogP contribution is -2.45. The van der Waals surface area contributed by atoms with Crippen molar-refractivity contribution in [1.29, 1.82) is 0 Å². The smallest absolute Gasteiger partial charge is 0.303 e. The molecule has 2 aromatic carbocycles. The summed E-state index contributed by atoms with van der Waals surface area (Å²) >= 11 is 0. The van der Waals surface area contributed by atoms with E-state index in [2.05, 4.69) is 17.1 Å². The van der Waals surface area contributed by atoms with Gasteiger partial charge < -0.3 is 29.9 Å². The van der Waals surface area contributed by atoms with Crippen LogP contribution in [0.2, 0.25) is 0 Å². The van der Waals surface area contributed by atoms with Crippen molar-refractivity contribution >= 4 is 11.9 Å². The monoisotopic (exact) mass is 538 g/mol. The van der Waals surface area contributed by atoms with Crippen LogP contribution in [0.15, 0.2) is 48.5 Å². The molecule has 2 heterocycles. The maximum absolute atomic E-state index is 11.9. The molecule has 8 heteroatoms. The van der Waals surface area contributed by atoms with Gasteiger partial charge in [-0.3, -0.25) is 9.59 Å². The predicted molar refractivity (Wildman–Crippen MR) is 148 cm³/mol. The third-order valence-corrected chi connectivity index (χ3v) is 7.82. The van der Waals surface area contributed by atoms with Crippen molar-refractivity contribution in [1.82, 2.24) is 10.2 Å². The first-order valence-electron chi connectivity index (χ1n) is 14.2. The van der Waals surface area contributed by atoms with Crippen molar-refractivity contribution < 1.29 is 29.3 Å². The molecule has 2 aromatic rings. The van der Waals surface area contributed by atoms with Crippen LogP contribution >= 0.6 is 0 Å². The lowest BCUT2D eigenvalue weighted by molar-refractivity contribution is -0.276. The minimum absolute atomic E-state index is 0.00102. The van der Waals surface area contributed by atoms with Gasteiger partial charge in [0.1, 0.15) is 0 Å². The molecule has 4 atom stereocenters. The van der Waals surface area contributed by atoms with E-state index in [0.29, 0.717) is 6.54 Å². The largest absolute Gasteiger partial charge is 0.481 e. The van der Waals surface area contributed by atoms with Crippen molar-refractivity contribution in [3.63, 3.8) is 0 Å². The average Bonchev–Trinajstić information content (AvgIpc) is 2.93. The van der Waals surface area contributed by atoms with E-state index >= 15 is 0 Å². The molecule has 0 aliphatic carbocycles. The molecule has 2 aliphatic heterocycles. The number of rotatable bonds is 10. The topological polar surface area (TPSA) is 108 Å². The van der Waals surface area contributed by atoms with Gasteiger partial charge in [0.15, 0.2) is 6.29 Å². The second kappa shape index (κ2) is 14.6. The Bertz CT molecular complexity index is 1050. The van der Waals surface area contributed by atoms with Gasteiger partial charge in [-0.25, -0.2) is 0 Å². The first kappa shape index (κ1) is 29.2. The number of aliphatic carboxylic acids is 1. The van der Waals surface area contributed by atoms with Crippen LogP contribution in [0.25, 0.3) is 0 Å². The number of aliphatic hydroxyl groups is 1. The molecule has 0 spiro atoms. The lowest BCUT2D eigenvalue weighted by Gasteiger charge is -2.43. The van der Waals surface area contributed by atoms with E-state index in [9.17, 15) is 14.7 Å². The Balaban J connectivity index is 1.47. The van der Waals surface area contributed by atoms with Gasteiger partial charge in [-0.05, 0) is 42.6 Å². The van der Waals surface area contributed by atoms with Crippen molar-refractivity contribution in [2.75, 3.05) is 19.6 Å². The highest BCUT2D eigenvalue weighted by Gasteiger charge is 2.39. The van der Waals surface area contributed by atoms with Crippen molar-refractivity contribution in [2.24, 2.45) is 5.92 Å². The predicted octanol–water partition coefficient (Wildman–Crippen LogP) is 4.72.